The maximum absolute atomic E-state index is 9.34. The molecule has 0 radical (unpaired) electrons. The van der Waals surface area contributed by atoms with Crippen LogP contribution >= 0.6 is 0 Å². The van der Waals surface area contributed by atoms with Crippen LogP contribution in [0.2, 0.25) is 0 Å². The molecule has 2 rings (SSSR count). The van der Waals surface area contributed by atoms with Gasteiger partial charge in [0, 0.05) is 19.1 Å². The molecule has 2 N–H and O–H groups in total. The van der Waals surface area contributed by atoms with E-state index in [1.807, 2.05) is 13.0 Å². The van der Waals surface area contributed by atoms with Crippen LogP contribution in [0.25, 0.3) is 0 Å². The second kappa shape index (κ2) is 5.41. The van der Waals surface area contributed by atoms with E-state index in [0.717, 1.165) is 43.6 Å². The van der Waals surface area contributed by atoms with Crippen LogP contribution in [0.1, 0.15) is 37.0 Å². The number of hydrogen-bond donors (Lipinski definition) is 1. The van der Waals surface area contributed by atoms with Crippen molar-refractivity contribution in [1.82, 2.24) is 0 Å². The van der Waals surface area contributed by atoms with Gasteiger partial charge in [-0.3, -0.25) is 0 Å². The minimum absolute atomic E-state index is 0.141. The highest BCUT2D eigenvalue weighted by atomic mass is 15.1. The van der Waals surface area contributed by atoms with Crippen molar-refractivity contribution in [3.63, 3.8) is 0 Å². The molecule has 0 saturated carbocycles. The molecule has 0 amide bonds. The van der Waals surface area contributed by atoms with E-state index in [0.29, 0.717) is 0 Å². The van der Waals surface area contributed by atoms with Crippen molar-refractivity contribution in [2.45, 2.75) is 39.2 Å². The Morgan fingerprint density at radius 3 is 2.89 bits per heavy atom. The Morgan fingerprint density at radius 1 is 1.50 bits per heavy atom. The first-order valence-electron chi connectivity index (χ1n) is 6.72. The van der Waals surface area contributed by atoms with Crippen molar-refractivity contribution >= 4 is 5.69 Å². The molecule has 1 aliphatic heterocycles. The standard InChI is InChI=1S/C15H21N3/c1-3-5-18-6-4-13-8-12(7-11(2)17)9-14(10-16)15(13)18/h8-9,11H,3-7,17H2,1-2H3. The Hall–Kier alpha value is -1.53. The zero-order chi connectivity index (χ0) is 13.1. The van der Waals surface area contributed by atoms with Gasteiger partial charge in [-0.2, -0.15) is 5.26 Å². The van der Waals surface area contributed by atoms with Crippen LogP contribution in [-0.2, 0) is 12.8 Å². The van der Waals surface area contributed by atoms with Gasteiger partial charge in [0.05, 0.1) is 11.3 Å². The number of rotatable bonds is 4. The molecule has 0 aromatic heterocycles. The summed E-state index contributed by atoms with van der Waals surface area (Å²) in [5, 5.41) is 9.34. The summed E-state index contributed by atoms with van der Waals surface area (Å²) in [4.78, 5) is 2.34. The van der Waals surface area contributed by atoms with Gasteiger partial charge in [-0.25, -0.2) is 0 Å². The SMILES string of the molecule is CCCN1CCc2cc(CC(C)N)cc(C#N)c21. The summed E-state index contributed by atoms with van der Waals surface area (Å²) in [5.74, 6) is 0. The number of nitrogens with zero attached hydrogens (tertiary/aromatic N) is 2. The average Bonchev–Trinajstić information content (AvgIpc) is 2.71. The molecule has 1 unspecified atom stereocenters. The van der Waals surface area contributed by atoms with Crippen molar-refractivity contribution in [2.75, 3.05) is 18.0 Å². The minimum Gasteiger partial charge on any atom is -0.370 e. The molecule has 1 aliphatic rings. The number of nitrogens with two attached hydrogens (primary N) is 1. The highest BCUT2D eigenvalue weighted by molar-refractivity contribution is 5.68. The van der Waals surface area contributed by atoms with E-state index in [-0.39, 0.29) is 6.04 Å². The summed E-state index contributed by atoms with van der Waals surface area (Å²) in [7, 11) is 0. The number of anilines is 1. The fourth-order valence-corrected chi connectivity index (χ4v) is 2.76. The summed E-state index contributed by atoms with van der Waals surface area (Å²) >= 11 is 0. The Bertz CT molecular complexity index is 471. The smallest absolute Gasteiger partial charge is 0.101 e. The van der Waals surface area contributed by atoms with E-state index in [1.165, 1.54) is 11.1 Å². The molecule has 1 aromatic carbocycles. The van der Waals surface area contributed by atoms with Gasteiger partial charge >= 0.3 is 0 Å². The summed E-state index contributed by atoms with van der Waals surface area (Å²) in [6.07, 6.45) is 3.01. The average molecular weight is 243 g/mol. The van der Waals surface area contributed by atoms with Gasteiger partial charge in [0.1, 0.15) is 6.07 Å². The maximum atomic E-state index is 9.34. The van der Waals surface area contributed by atoms with Gasteiger partial charge < -0.3 is 10.6 Å². The van der Waals surface area contributed by atoms with Crippen molar-refractivity contribution in [3.8, 4) is 6.07 Å². The Balaban J connectivity index is 2.37. The van der Waals surface area contributed by atoms with E-state index in [1.54, 1.807) is 0 Å². The maximum Gasteiger partial charge on any atom is 0.101 e. The molecule has 0 fully saturated rings. The Morgan fingerprint density at radius 2 is 2.28 bits per heavy atom. The van der Waals surface area contributed by atoms with E-state index in [9.17, 15) is 5.26 Å². The zero-order valence-electron chi connectivity index (χ0n) is 11.2. The number of fused-ring (bicyclic) bond motifs is 1. The highest BCUT2D eigenvalue weighted by Gasteiger charge is 2.22. The summed E-state index contributed by atoms with van der Waals surface area (Å²) in [6, 6.07) is 6.73. The molecular weight excluding hydrogens is 222 g/mol. The summed E-state index contributed by atoms with van der Waals surface area (Å²) in [5.41, 5.74) is 10.3. The van der Waals surface area contributed by atoms with Crippen LogP contribution in [0.3, 0.4) is 0 Å². The fraction of sp³-hybridized carbons (Fsp3) is 0.533. The van der Waals surface area contributed by atoms with E-state index < -0.39 is 0 Å². The van der Waals surface area contributed by atoms with E-state index in [4.69, 9.17) is 5.73 Å². The predicted octanol–water partition coefficient (Wildman–Crippen LogP) is 2.22. The lowest BCUT2D eigenvalue weighted by Crippen LogP contribution is -2.22. The quantitative estimate of drug-likeness (QED) is 0.882. The van der Waals surface area contributed by atoms with Crippen molar-refractivity contribution < 1.29 is 0 Å². The fourth-order valence-electron chi connectivity index (χ4n) is 2.76. The lowest BCUT2D eigenvalue weighted by molar-refractivity contribution is 0.737. The van der Waals surface area contributed by atoms with Gasteiger partial charge in [-0.05, 0) is 43.4 Å². The van der Waals surface area contributed by atoms with E-state index >= 15 is 0 Å². The first-order valence-corrected chi connectivity index (χ1v) is 6.72. The molecule has 1 heterocycles. The monoisotopic (exact) mass is 243 g/mol. The normalized spacial score (nSPS) is 15.3. The molecular formula is C15H21N3. The van der Waals surface area contributed by atoms with Crippen LogP contribution < -0.4 is 10.6 Å². The number of hydrogen-bond acceptors (Lipinski definition) is 3. The molecule has 96 valence electrons. The first-order chi connectivity index (χ1) is 8.65. The summed E-state index contributed by atoms with van der Waals surface area (Å²) < 4.78 is 0. The zero-order valence-corrected chi connectivity index (χ0v) is 11.2. The van der Waals surface area contributed by atoms with Crippen LogP contribution in [0.4, 0.5) is 5.69 Å². The van der Waals surface area contributed by atoms with Crippen LogP contribution in [-0.4, -0.2) is 19.1 Å². The topological polar surface area (TPSA) is 53.0 Å². The van der Waals surface area contributed by atoms with Gasteiger partial charge in [0.25, 0.3) is 0 Å². The van der Waals surface area contributed by atoms with Crippen molar-refractivity contribution in [1.29, 1.82) is 5.26 Å². The molecule has 1 aromatic rings. The highest BCUT2D eigenvalue weighted by Crippen LogP contribution is 2.33. The lowest BCUT2D eigenvalue weighted by atomic mass is 9.99. The third-order valence-electron chi connectivity index (χ3n) is 3.39. The first kappa shape index (κ1) is 12.9. The molecule has 1 atom stereocenters. The second-order valence-corrected chi connectivity index (χ2v) is 5.18. The van der Waals surface area contributed by atoms with E-state index in [2.05, 4.69) is 24.0 Å². The molecule has 0 bridgehead atoms. The third kappa shape index (κ3) is 2.49. The third-order valence-corrected chi connectivity index (χ3v) is 3.39. The number of nitriles is 1. The van der Waals surface area contributed by atoms with Gasteiger partial charge in [-0.1, -0.05) is 13.0 Å². The lowest BCUT2D eigenvalue weighted by Gasteiger charge is -2.20. The molecule has 0 saturated heterocycles. The van der Waals surface area contributed by atoms with Gasteiger partial charge in [0.15, 0.2) is 0 Å². The van der Waals surface area contributed by atoms with Crippen molar-refractivity contribution in [2.24, 2.45) is 5.73 Å². The van der Waals surface area contributed by atoms with Crippen molar-refractivity contribution in [3.05, 3.63) is 28.8 Å². The van der Waals surface area contributed by atoms with Gasteiger partial charge in [0.2, 0.25) is 0 Å². The molecule has 3 heteroatoms. The predicted molar refractivity (Wildman–Crippen MR) is 74.7 cm³/mol. The Kier molecular flexibility index (Phi) is 3.88. The minimum atomic E-state index is 0.141. The largest absolute Gasteiger partial charge is 0.370 e. The van der Waals surface area contributed by atoms with Crippen LogP contribution in [0, 0.1) is 11.3 Å². The van der Waals surface area contributed by atoms with Gasteiger partial charge in [-0.15, -0.1) is 0 Å². The summed E-state index contributed by atoms with van der Waals surface area (Å²) in [6.45, 7) is 6.25. The Labute approximate surface area is 109 Å². The number of benzene rings is 1. The van der Waals surface area contributed by atoms with Crippen LogP contribution in [0.5, 0.6) is 0 Å². The molecule has 0 aliphatic carbocycles. The second-order valence-electron chi connectivity index (χ2n) is 5.18. The molecule has 18 heavy (non-hydrogen) atoms. The molecule has 3 nitrogen and oxygen atoms in total. The molecule has 0 spiro atoms. The van der Waals surface area contributed by atoms with Crippen LogP contribution in [0.15, 0.2) is 12.1 Å².